The topological polar surface area (TPSA) is 41.1 Å². The smallest absolute Gasteiger partial charge is 0.225 e. The lowest BCUT2D eigenvalue weighted by Crippen LogP contribution is -2.47. The van der Waals surface area contributed by atoms with Gasteiger partial charge in [0.2, 0.25) is 5.91 Å². The molecule has 2 N–H and O–H groups in total. The lowest BCUT2D eigenvalue weighted by molar-refractivity contribution is -0.127. The standard InChI is InChI=1S/C16H24N2O/c1-12-6-4-8-14(10-12)16(2,3)18-15(19)13-7-5-9-17-11-13/h4,6,8,10,13,17H,5,7,9,11H2,1-3H3,(H,18,19). The van der Waals surface area contributed by atoms with E-state index in [0.717, 1.165) is 31.5 Å². The number of piperidine rings is 1. The summed E-state index contributed by atoms with van der Waals surface area (Å²) in [6, 6.07) is 8.33. The predicted molar refractivity (Wildman–Crippen MR) is 77.9 cm³/mol. The van der Waals surface area contributed by atoms with E-state index in [1.165, 1.54) is 5.56 Å². The van der Waals surface area contributed by atoms with Gasteiger partial charge in [0, 0.05) is 6.54 Å². The van der Waals surface area contributed by atoms with Crippen LogP contribution in [0.4, 0.5) is 0 Å². The van der Waals surface area contributed by atoms with Crippen LogP contribution < -0.4 is 10.6 Å². The van der Waals surface area contributed by atoms with Crippen molar-refractivity contribution >= 4 is 5.91 Å². The molecule has 1 heterocycles. The molecule has 1 amide bonds. The van der Waals surface area contributed by atoms with Crippen LogP contribution in [0.1, 0.15) is 37.8 Å². The van der Waals surface area contributed by atoms with Crippen molar-refractivity contribution in [2.24, 2.45) is 5.92 Å². The highest BCUT2D eigenvalue weighted by Gasteiger charge is 2.28. The Hall–Kier alpha value is -1.35. The quantitative estimate of drug-likeness (QED) is 0.876. The summed E-state index contributed by atoms with van der Waals surface area (Å²) in [5.41, 5.74) is 2.06. The van der Waals surface area contributed by atoms with E-state index in [2.05, 4.69) is 49.6 Å². The van der Waals surface area contributed by atoms with Crippen molar-refractivity contribution in [3.8, 4) is 0 Å². The highest BCUT2D eigenvalue weighted by Crippen LogP contribution is 2.22. The maximum Gasteiger partial charge on any atom is 0.225 e. The Morgan fingerprint density at radius 2 is 2.21 bits per heavy atom. The first-order valence-electron chi connectivity index (χ1n) is 7.09. The number of aryl methyl sites for hydroxylation is 1. The second kappa shape index (κ2) is 5.74. The summed E-state index contributed by atoms with van der Waals surface area (Å²) in [5, 5.41) is 6.48. The fraction of sp³-hybridized carbons (Fsp3) is 0.562. The maximum absolute atomic E-state index is 12.3. The van der Waals surface area contributed by atoms with Crippen LogP contribution in [-0.2, 0) is 10.3 Å². The first kappa shape index (κ1) is 14.1. The van der Waals surface area contributed by atoms with Crippen molar-refractivity contribution < 1.29 is 4.79 Å². The average molecular weight is 260 g/mol. The highest BCUT2D eigenvalue weighted by atomic mass is 16.2. The second-order valence-corrected chi connectivity index (χ2v) is 6.03. The van der Waals surface area contributed by atoms with Crippen molar-refractivity contribution in [2.75, 3.05) is 13.1 Å². The summed E-state index contributed by atoms with van der Waals surface area (Å²) in [6.45, 7) is 8.04. The van der Waals surface area contributed by atoms with Crippen LogP contribution >= 0.6 is 0 Å². The molecule has 1 atom stereocenters. The van der Waals surface area contributed by atoms with E-state index in [1.807, 2.05) is 6.07 Å². The number of carbonyl (C=O) groups excluding carboxylic acids is 1. The van der Waals surface area contributed by atoms with Crippen molar-refractivity contribution in [3.63, 3.8) is 0 Å². The maximum atomic E-state index is 12.3. The van der Waals surface area contributed by atoms with E-state index >= 15 is 0 Å². The number of benzene rings is 1. The molecule has 1 saturated heterocycles. The van der Waals surface area contributed by atoms with Crippen LogP contribution in [0.5, 0.6) is 0 Å². The summed E-state index contributed by atoms with van der Waals surface area (Å²) < 4.78 is 0. The Morgan fingerprint density at radius 1 is 1.42 bits per heavy atom. The Kier molecular flexibility index (Phi) is 4.25. The van der Waals surface area contributed by atoms with Gasteiger partial charge < -0.3 is 10.6 Å². The van der Waals surface area contributed by atoms with E-state index in [1.54, 1.807) is 0 Å². The minimum absolute atomic E-state index is 0.109. The van der Waals surface area contributed by atoms with Gasteiger partial charge in [0.15, 0.2) is 0 Å². The van der Waals surface area contributed by atoms with Gasteiger partial charge in [-0.15, -0.1) is 0 Å². The van der Waals surface area contributed by atoms with Crippen molar-refractivity contribution in [3.05, 3.63) is 35.4 Å². The Bertz CT molecular complexity index is 448. The second-order valence-electron chi connectivity index (χ2n) is 6.03. The molecule has 1 fully saturated rings. The molecule has 0 spiro atoms. The number of carbonyl (C=O) groups is 1. The Labute approximate surface area is 115 Å². The van der Waals surface area contributed by atoms with Gasteiger partial charge >= 0.3 is 0 Å². The third-order valence-electron chi connectivity index (χ3n) is 3.84. The minimum Gasteiger partial charge on any atom is -0.347 e. The van der Waals surface area contributed by atoms with Crippen molar-refractivity contribution in [1.29, 1.82) is 0 Å². The molecule has 1 aromatic rings. The Balaban J connectivity index is 2.05. The monoisotopic (exact) mass is 260 g/mol. The van der Waals surface area contributed by atoms with E-state index in [-0.39, 0.29) is 17.4 Å². The van der Waals surface area contributed by atoms with Crippen molar-refractivity contribution in [1.82, 2.24) is 10.6 Å². The van der Waals surface area contributed by atoms with Crippen molar-refractivity contribution in [2.45, 2.75) is 39.2 Å². The van der Waals surface area contributed by atoms with E-state index < -0.39 is 0 Å². The predicted octanol–water partition coefficient (Wildman–Crippen LogP) is 2.35. The molecule has 3 nitrogen and oxygen atoms in total. The molecule has 19 heavy (non-hydrogen) atoms. The van der Waals surface area contributed by atoms with Gasteiger partial charge in [-0.3, -0.25) is 4.79 Å². The van der Waals surface area contributed by atoms with Crippen LogP contribution in [0, 0.1) is 12.8 Å². The summed E-state index contributed by atoms with van der Waals surface area (Å²) in [7, 11) is 0. The fourth-order valence-corrected chi connectivity index (χ4v) is 2.59. The van der Waals surface area contributed by atoms with E-state index in [9.17, 15) is 4.79 Å². The van der Waals surface area contributed by atoms with Gasteiger partial charge in [0.25, 0.3) is 0 Å². The van der Waals surface area contributed by atoms with Crippen LogP contribution in [0.3, 0.4) is 0 Å². The molecule has 3 heteroatoms. The molecule has 1 aliphatic rings. The molecule has 1 aliphatic heterocycles. The first-order chi connectivity index (χ1) is 8.99. The van der Waals surface area contributed by atoms with Gasteiger partial charge in [-0.05, 0) is 45.7 Å². The van der Waals surface area contributed by atoms with E-state index in [4.69, 9.17) is 0 Å². The summed E-state index contributed by atoms with van der Waals surface area (Å²) in [5.74, 6) is 0.275. The summed E-state index contributed by atoms with van der Waals surface area (Å²) in [4.78, 5) is 12.3. The summed E-state index contributed by atoms with van der Waals surface area (Å²) >= 11 is 0. The highest BCUT2D eigenvalue weighted by molar-refractivity contribution is 5.80. The zero-order valence-electron chi connectivity index (χ0n) is 12.1. The van der Waals surface area contributed by atoms with Crippen LogP contribution in [0.25, 0.3) is 0 Å². The molecule has 1 aromatic carbocycles. The molecule has 104 valence electrons. The number of rotatable bonds is 3. The molecule has 1 unspecified atom stereocenters. The molecule has 0 bridgehead atoms. The number of hydrogen-bond donors (Lipinski definition) is 2. The SMILES string of the molecule is Cc1cccc(C(C)(C)NC(=O)C2CCCNC2)c1. The Morgan fingerprint density at radius 3 is 2.84 bits per heavy atom. The van der Waals surface area contributed by atoms with Crippen LogP contribution in [-0.4, -0.2) is 19.0 Å². The molecule has 0 aliphatic carbocycles. The minimum atomic E-state index is -0.319. The third kappa shape index (κ3) is 3.57. The zero-order valence-corrected chi connectivity index (χ0v) is 12.1. The van der Waals surface area contributed by atoms with Gasteiger partial charge in [0.05, 0.1) is 11.5 Å². The molecule has 0 aromatic heterocycles. The molecule has 0 radical (unpaired) electrons. The number of amides is 1. The normalized spacial score (nSPS) is 20.1. The zero-order chi connectivity index (χ0) is 13.9. The third-order valence-corrected chi connectivity index (χ3v) is 3.84. The average Bonchev–Trinajstić information content (AvgIpc) is 2.39. The van der Waals surface area contributed by atoms with Gasteiger partial charge in [-0.2, -0.15) is 0 Å². The van der Waals surface area contributed by atoms with Gasteiger partial charge in [-0.25, -0.2) is 0 Å². The van der Waals surface area contributed by atoms with Gasteiger partial charge in [0.1, 0.15) is 0 Å². The van der Waals surface area contributed by atoms with E-state index in [0.29, 0.717) is 0 Å². The lowest BCUT2D eigenvalue weighted by Gasteiger charge is -2.31. The molecule has 0 saturated carbocycles. The lowest BCUT2D eigenvalue weighted by atomic mass is 9.91. The summed E-state index contributed by atoms with van der Waals surface area (Å²) in [6.07, 6.45) is 2.08. The largest absolute Gasteiger partial charge is 0.347 e. The molecular formula is C16H24N2O. The fourth-order valence-electron chi connectivity index (χ4n) is 2.59. The first-order valence-corrected chi connectivity index (χ1v) is 7.09. The molecule has 2 rings (SSSR count). The number of hydrogen-bond acceptors (Lipinski definition) is 2. The number of nitrogens with one attached hydrogen (secondary N) is 2. The van der Waals surface area contributed by atoms with Crippen LogP contribution in [0.2, 0.25) is 0 Å². The molecular weight excluding hydrogens is 236 g/mol. The van der Waals surface area contributed by atoms with Gasteiger partial charge in [-0.1, -0.05) is 29.8 Å². The van der Waals surface area contributed by atoms with Crippen LogP contribution in [0.15, 0.2) is 24.3 Å².